The van der Waals surface area contributed by atoms with E-state index in [4.69, 9.17) is 28.9 Å². The summed E-state index contributed by atoms with van der Waals surface area (Å²) in [6, 6.07) is 11.5. The van der Waals surface area contributed by atoms with Crippen LogP contribution in [0.2, 0.25) is 0 Å². The Labute approximate surface area is 356 Å². The van der Waals surface area contributed by atoms with Crippen LogP contribution in [-0.2, 0) is 28.5 Å². The Balaban J connectivity index is 0.925. The quantitative estimate of drug-likeness (QED) is 0.0923. The predicted octanol–water partition coefficient (Wildman–Crippen LogP) is 6.35. The van der Waals surface area contributed by atoms with Crippen molar-refractivity contribution in [3.05, 3.63) is 60.4 Å². The zero-order valence-corrected chi connectivity index (χ0v) is 35.9. The van der Waals surface area contributed by atoms with Crippen molar-refractivity contribution in [2.75, 3.05) is 35.2 Å². The Morgan fingerprint density at radius 1 is 0.705 bits per heavy atom. The van der Waals surface area contributed by atoms with Crippen molar-refractivity contribution in [3.8, 4) is 44.8 Å². The minimum Gasteiger partial charge on any atom is -0.453 e. The Bertz CT molecular complexity index is 2270. The molecule has 0 radical (unpaired) electrons. The van der Waals surface area contributed by atoms with Crippen molar-refractivity contribution in [2.24, 2.45) is 11.8 Å². The van der Waals surface area contributed by atoms with Crippen molar-refractivity contribution in [3.63, 3.8) is 0 Å². The highest BCUT2D eigenvalue weighted by atomic mass is 16.5. The highest BCUT2D eigenvalue weighted by molar-refractivity contribution is 6.04. The average molecular weight is 835 g/mol. The summed E-state index contributed by atoms with van der Waals surface area (Å²) >= 11 is 0. The second-order valence-electron chi connectivity index (χ2n) is 17.5. The molecule has 3 amide bonds. The molecule has 10 unspecified atom stereocenters. The van der Waals surface area contributed by atoms with E-state index in [1.54, 1.807) is 21.1 Å². The molecule has 15 nitrogen and oxygen atoms in total. The Morgan fingerprint density at radius 3 is 1.67 bits per heavy atom. The monoisotopic (exact) mass is 834 g/mol. The number of hydrogen-bond donors (Lipinski definition) is 4. The van der Waals surface area contributed by atoms with Crippen LogP contribution in [0, 0.1) is 11.8 Å². The normalized spacial score (nSPS) is 25.5. The summed E-state index contributed by atoms with van der Waals surface area (Å²) in [6.07, 6.45) is 10.2. The van der Waals surface area contributed by atoms with E-state index in [1.165, 1.54) is 36.5 Å². The average Bonchev–Trinajstić information content (AvgIpc) is 4.13. The van der Waals surface area contributed by atoms with E-state index in [-0.39, 0.29) is 48.8 Å². The number of carbonyl (C=O) groups is 3. The van der Waals surface area contributed by atoms with Gasteiger partial charge in [0, 0.05) is 44.5 Å². The van der Waals surface area contributed by atoms with Crippen LogP contribution in [0.3, 0.4) is 0 Å². The first-order valence-corrected chi connectivity index (χ1v) is 21.8. The number of rotatable bonds is 14. The molecule has 4 heterocycles. The minimum atomic E-state index is -0.891. The number of H-pyrrole nitrogens is 2. The van der Waals surface area contributed by atoms with Gasteiger partial charge in [-0.2, -0.15) is 0 Å². The van der Waals surface area contributed by atoms with Crippen LogP contribution in [-0.4, -0.2) is 119 Å². The van der Waals surface area contributed by atoms with Crippen molar-refractivity contribution < 1.29 is 33.3 Å². The number of nitrogens with one attached hydrogen (secondary N) is 4. The SMILES string of the molecule is COCNC(C(=O)N1C(c2ncc(-c3ccc4c(c3)-c3ccc(-c5cnc(C6CC7CCCC7N6C(=O)C(NC(=O)OC)C(C)OC)[nH]5)cc3-4)[nH]2)CC2CCCC21)C(C)OC. The van der Waals surface area contributed by atoms with Gasteiger partial charge in [-0.25, -0.2) is 14.8 Å². The smallest absolute Gasteiger partial charge is 0.407 e. The van der Waals surface area contributed by atoms with Gasteiger partial charge in [0.1, 0.15) is 23.7 Å². The molecule has 324 valence electrons. The Hall–Kier alpha value is -5.09. The Kier molecular flexibility index (Phi) is 11.5. The summed E-state index contributed by atoms with van der Waals surface area (Å²) in [5.41, 5.74) is 8.57. The van der Waals surface area contributed by atoms with Gasteiger partial charge in [0.2, 0.25) is 11.8 Å². The van der Waals surface area contributed by atoms with E-state index < -0.39 is 24.3 Å². The molecule has 0 bridgehead atoms. The second-order valence-corrected chi connectivity index (χ2v) is 17.5. The first-order valence-electron chi connectivity index (χ1n) is 21.8. The van der Waals surface area contributed by atoms with Gasteiger partial charge in [-0.05, 0) is 98.6 Å². The second kappa shape index (κ2) is 17.0. The number of aromatic amines is 2. The third kappa shape index (κ3) is 7.32. The van der Waals surface area contributed by atoms with Crippen molar-refractivity contribution in [1.29, 1.82) is 0 Å². The number of hydrogen-bond acceptors (Lipinski definition) is 10. The maximum atomic E-state index is 14.2. The van der Waals surface area contributed by atoms with Gasteiger partial charge in [0.05, 0.1) is 61.9 Å². The summed E-state index contributed by atoms with van der Waals surface area (Å²) < 4.78 is 21.3. The third-order valence-electron chi connectivity index (χ3n) is 14.4. The maximum Gasteiger partial charge on any atom is 0.407 e. The number of carbonyl (C=O) groups excluding carboxylic acids is 3. The molecule has 2 aromatic heterocycles. The molecule has 5 aliphatic rings. The number of methoxy groups -OCH3 is 4. The summed E-state index contributed by atoms with van der Waals surface area (Å²) in [4.78, 5) is 61.7. The molecule has 61 heavy (non-hydrogen) atoms. The number of aromatic nitrogens is 4. The largest absolute Gasteiger partial charge is 0.453 e. The summed E-state index contributed by atoms with van der Waals surface area (Å²) in [7, 11) is 6.07. The molecule has 2 aromatic carbocycles. The first kappa shape index (κ1) is 41.3. The van der Waals surface area contributed by atoms with E-state index in [0.717, 1.165) is 85.5 Å². The van der Waals surface area contributed by atoms with Crippen molar-refractivity contribution in [2.45, 2.75) is 114 Å². The predicted molar refractivity (Wildman–Crippen MR) is 228 cm³/mol. The summed E-state index contributed by atoms with van der Waals surface area (Å²) in [5.74, 6) is 2.23. The number of ether oxygens (including phenoxy) is 4. The zero-order chi connectivity index (χ0) is 42.5. The lowest BCUT2D eigenvalue weighted by atomic mass is 9.78. The third-order valence-corrected chi connectivity index (χ3v) is 14.4. The van der Waals surface area contributed by atoms with Gasteiger partial charge < -0.3 is 44.0 Å². The van der Waals surface area contributed by atoms with Crippen LogP contribution in [0.5, 0.6) is 0 Å². The highest BCUT2D eigenvalue weighted by Gasteiger charge is 2.51. The molecule has 0 spiro atoms. The van der Waals surface area contributed by atoms with E-state index in [1.807, 2.05) is 24.2 Å². The lowest BCUT2D eigenvalue weighted by molar-refractivity contribution is -0.141. The molecule has 9 rings (SSSR count). The number of fused-ring (bicyclic) bond motifs is 6. The fraction of sp³-hybridized carbons (Fsp3) is 0.543. The van der Waals surface area contributed by atoms with Gasteiger partial charge in [-0.1, -0.05) is 37.1 Å². The zero-order valence-electron chi connectivity index (χ0n) is 35.9. The number of alkyl carbamates (subject to hydrolysis) is 1. The highest BCUT2D eigenvalue weighted by Crippen LogP contribution is 2.51. The lowest BCUT2D eigenvalue weighted by Gasteiger charge is -2.34. The standard InChI is InChI=1S/C46H58N8O7/c1-24(59-4)40(49-23-58-3)44(55)53-36-11-7-9-28(36)19-38(53)42-47-21-34(50-42)26-13-15-30-32(17-26)31-16-14-27(18-33(30)31)35-22-48-43(51-35)39-20-29-10-8-12-37(29)54(39)45(56)41(25(2)60-5)52-46(57)61-6/h13-18,21-22,24-25,28-29,36-41,49H,7-12,19-20,23H2,1-6H3,(H,47,50)(H,48,51)(H,52,57). The summed E-state index contributed by atoms with van der Waals surface area (Å²) in [5, 5.41) is 5.97. The van der Waals surface area contributed by atoms with Crippen LogP contribution in [0.4, 0.5) is 4.79 Å². The molecule has 4 N–H and O–H groups in total. The molecule has 4 fully saturated rings. The topological polar surface area (TPSA) is 176 Å². The van der Waals surface area contributed by atoms with Crippen LogP contribution >= 0.6 is 0 Å². The van der Waals surface area contributed by atoms with Crippen LogP contribution in [0.15, 0.2) is 48.8 Å². The minimum absolute atomic E-state index is 0.0285. The van der Waals surface area contributed by atoms with Crippen LogP contribution in [0.25, 0.3) is 44.8 Å². The molecule has 4 aromatic rings. The molecular weight excluding hydrogens is 777 g/mol. The molecule has 15 heteroatoms. The van der Waals surface area contributed by atoms with E-state index in [0.29, 0.717) is 11.8 Å². The van der Waals surface area contributed by atoms with Crippen molar-refractivity contribution >= 4 is 17.9 Å². The number of amides is 3. The molecule has 10 atom stereocenters. The summed E-state index contributed by atoms with van der Waals surface area (Å²) in [6.45, 7) is 3.95. The molecular formula is C46H58N8O7. The van der Waals surface area contributed by atoms with Gasteiger partial charge in [-0.3, -0.25) is 14.9 Å². The van der Waals surface area contributed by atoms with E-state index in [9.17, 15) is 14.4 Å². The first-order chi connectivity index (χ1) is 29.6. The molecule has 2 saturated heterocycles. The number of nitrogens with zero attached hydrogens (tertiary/aromatic N) is 4. The van der Waals surface area contributed by atoms with Gasteiger partial charge in [-0.15, -0.1) is 0 Å². The fourth-order valence-electron chi connectivity index (χ4n) is 11.1. The van der Waals surface area contributed by atoms with Crippen LogP contribution in [0.1, 0.15) is 88.9 Å². The van der Waals surface area contributed by atoms with Crippen molar-refractivity contribution in [1.82, 2.24) is 40.4 Å². The fourth-order valence-corrected chi connectivity index (χ4v) is 11.1. The van der Waals surface area contributed by atoms with Crippen LogP contribution < -0.4 is 10.6 Å². The van der Waals surface area contributed by atoms with E-state index >= 15 is 0 Å². The van der Waals surface area contributed by atoms with Gasteiger partial charge in [0.25, 0.3) is 0 Å². The number of likely N-dealkylation sites (tertiary alicyclic amines) is 2. The molecule has 2 saturated carbocycles. The lowest BCUT2D eigenvalue weighted by Crippen LogP contribution is -2.55. The number of imidazole rings is 2. The maximum absolute atomic E-state index is 14.2. The molecule has 3 aliphatic carbocycles. The van der Waals surface area contributed by atoms with Gasteiger partial charge >= 0.3 is 6.09 Å². The number of benzene rings is 2. The van der Waals surface area contributed by atoms with Gasteiger partial charge in [0.15, 0.2) is 0 Å². The van der Waals surface area contributed by atoms with E-state index in [2.05, 4.69) is 61.9 Å². The Morgan fingerprint density at radius 2 is 1.20 bits per heavy atom. The molecule has 2 aliphatic heterocycles.